The summed E-state index contributed by atoms with van der Waals surface area (Å²) in [6.07, 6.45) is 1.24. The Morgan fingerprint density at radius 3 is 2.07 bits per heavy atom. The van der Waals surface area contributed by atoms with Gasteiger partial charge in [0.15, 0.2) is 11.5 Å². The Balaban J connectivity index is 1.54. The van der Waals surface area contributed by atoms with Gasteiger partial charge in [0.05, 0.1) is 6.61 Å². The minimum absolute atomic E-state index is 0.338. The fourth-order valence-corrected chi connectivity index (χ4v) is 3.09. The molecule has 1 saturated heterocycles. The van der Waals surface area contributed by atoms with Gasteiger partial charge in [0.2, 0.25) is 11.5 Å². The molecule has 0 bridgehead atoms. The Labute approximate surface area is 164 Å². The highest BCUT2D eigenvalue weighted by Crippen LogP contribution is 2.43. The van der Waals surface area contributed by atoms with Crippen LogP contribution >= 0.6 is 0 Å². The lowest BCUT2D eigenvalue weighted by molar-refractivity contribution is -0.141. The van der Waals surface area contributed by atoms with Crippen molar-refractivity contribution in [3.05, 3.63) is 83.8 Å². The lowest BCUT2D eigenvalue weighted by Gasteiger charge is -2.17. The molecule has 1 atom stereocenters. The summed E-state index contributed by atoms with van der Waals surface area (Å²) in [4.78, 5) is 0. The molecule has 1 aliphatic rings. The number of rotatable bonds is 7. The second-order valence-electron chi connectivity index (χ2n) is 7.16. The van der Waals surface area contributed by atoms with E-state index in [-0.39, 0.29) is 6.10 Å². The highest BCUT2D eigenvalue weighted by Gasteiger charge is 2.38. The number of furan rings is 1. The van der Waals surface area contributed by atoms with Crippen molar-refractivity contribution in [2.45, 2.75) is 39.0 Å². The smallest absolute Gasteiger partial charge is 0.206 e. The molecule has 0 saturated carbocycles. The number of hydrogen-bond donors (Lipinski definition) is 0. The molecule has 2 aromatic carbocycles. The largest absolute Gasteiger partial charge is 0.482 e. The lowest BCUT2D eigenvalue weighted by atomic mass is 10.2. The van der Waals surface area contributed by atoms with Crippen LogP contribution in [0.25, 0.3) is 0 Å². The summed E-state index contributed by atoms with van der Waals surface area (Å²) in [7, 11) is 0. The van der Waals surface area contributed by atoms with Crippen LogP contribution in [0.3, 0.4) is 0 Å². The molecule has 146 valence electrons. The van der Waals surface area contributed by atoms with Crippen molar-refractivity contribution in [1.82, 2.24) is 0 Å². The Bertz CT molecular complexity index is 886. The first-order valence-electron chi connectivity index (χ1n) is 9.37. The van der Waals surface area contributed by atoms with Gasteiger partial charge in [0.25, 0.3) is 0 Å². The van der Waals surface area contributed by atoms with E-state index in [9.17, 15) is 0 Å². The standard InChI is InChI=1S/C23H24O5/c1-23(2)27-16-20(28-23)22-21(25-14-18-11-7-4-8-12-18)19(15-26-22)24-13-17-9-5-3-6-10-17/h3-12,15,20H,13-14,16H2,1-2H3/t20-/m0/s1. The van der Waals surface area contributed by atoms with E-state index in [1.165, 1.54) is 0 Å². The monoisotopic (exact) mass is 380 g/mol. The van der Waals surface area contributed by atoms with Gasteiger partial charge in [-0.3, -0.25) is 0 Å². The lowest BCUT2D eigenvalue weighted by Crippen LogP contribution is -2.19. The van der Waals surface area contributed by atoms with Crippen LogP contribution in [0, 0.1) is 0 Å². The van der Waals surface area contributed by atoms with E-state index in [0.29, 0.717) is 37.1 Å². The van der Waals surface area contributed by atoms with E-state index in [2.05, 4.69) is 0 Å². The molecule has 3 aromatic rings. The van der Waals surface area contributed by atoms with Gasteiger partial charge in [-0.25, -0.2) is 0 Å². The normalized spacial score (nSPS) is 18.1. The third kappa shape index (κ3) is 4.38. The molecule has 2 heterocycles. The van der Waals surface area contributed by atoms with E-state index < -0.39 is 5.79 Å². The first-order chi connectivity index (χ1) is 13.6. The van der Waals surface area contributed by atoms with Gasteiger partial charge in [0, 0.05) is 0 Å². The zero-order valence-electron chi connectivity index (χ0n) is 16.1. The van der Waals surface area contributed by atoms with Crippen molar-refractivity contribution in [3.8, 4) is 11.5 Å². The Hall–Kier alpha value is -2.76. The molecule has 0 unspecified atom stereocenters. The average Bonchev–Trinajstić information content (AvgIpc) is 3.28. The third-order valence-corrected chi connectivity index (χ3v) is 4.50. The molecule has 0 amide bonds. The number of ether oxygens (including phenoxy) is 4. The van der Waals surface area contributed by atoms with E-state index in [1.807, 2.05) is 74.5 Å². The molecule has 0 radical (unpaired) electrons. The van der Waals surface area contributed by atoms with Gasteiger partial charge in [-0.2, -0.15) is 0 Å². The van der Waals surface area contributed by atoms with Crippen molar-refractivity contribution in [1.29, 1.82) is 0 Å². The quantitative estimate of drug-likeness (QED) is 0.559. The minimum Gasteiger partial charge on any atom is -0.482 e. The predicted molar refractivity (Wildman–Crippen MR) is 104 cm³/mol. The summed E-state index contributed by atoms with van der Waals surface area (Å²) in [5.41, 5.74) is 2.13. The topological polar surface area (TPSA) is 50.1 Å². The molecule has 1 aliphatic heterocycles. The molecular weight excluding hydrogens is 356 g/mol. The minimum atomic E-state index is -0.654. The van der Waals surface area contributed by atoms with E-state index in [1.54, 1.807) is 6.26 Å². The highest BCUT2D eigenvalue weighted by molar-refractivity contribution is 5.43. The van der Waals surface area contributed by atoms with Crippen LogP contribution in [0.2, 0.25) is 0 Å². The van der Waals surface area contributed by atoms with E-state index in [4.69, 9.17) is 23.4 Å². The van der Waals surface area contributed by atoms with Gasteiger partial charge in [-0.1, -0.05) is 60.7 Å². The highest BCUT2D eigenvalue weighted by atomic mass is 16.7. The average molecular weight is 380 g/mol. The molecule has 5 heteroatoms. The number of hydrogen-bond acceptors (Lipinski definition) is 5. The van der Waals surface area contributed by atoms with Crippen LogP contribution in [0.5, 0.6) is 11.5 Å². The van der Waals surface area contributed by atoms with Gasteiger partial charge in [-0.15, -0.1) is 0 Å². The molecule has 5 nitrogen and oxygen atoms in total. The Morgan fingerprint density at radius 2 is 1.50 bits per heavy atom. The summed E-state index contributed by atoms with van der Waals surface area (Å²) in [5.74, 6) is 1.05. The maximum atomic E-state index is 6.11. The SMILES string of the molecule is CC1(C)OC[C@@H](c2occ(OCc3ccccc3)c2OCc2ccccc2)O1. The summed E-state index contributed by atoms with van der Waals surface area (Å²) < 4.78 is 29.5. The van der Waals surface area contributed by atoms with Crippen LogP contribution in [0.4, 0.5) is 0 Å². The zero-order chi connectivity index (χ0) is 19.4. The van der Waals surface area contributed by atoms with Crippen molar-refractivity contribution in [2.75, 3.05) is 6.61 Å². The van der Waals surface area contributed by atoms with E-state index in [0.717, 1.165) is 11.1 Å². The van der Waals surface area contributed by atoms with Gasteiger partial charge in [0.1, 0.15) is 25.6 Å². The summed E-state index contributed by atoms with van der Waals surface area (Å²) in [5, 5.41) is 0. The van der Waals surface area contributed by atoms with Gasteiger partial charge in [-0.05, 0) is 25.0 Å². The van der Waals surface area contributed by atoms with Crippen molar-refractivity contribution in [2.24, 2.45) is 0 Å². The first-order valence-corrected chi connectivity index (χ1v) is 9.37. The molecule has 0 spiro atoms. The fraction of sp³-hybridized carbons (Fsp3) is 0.304. The predicted octanol–water partition coefficient (Wildman–Crippen LogP) is 5.26. The van der Waals surface area contributed by atoms with Crippen molar-refractivity contribution < 1.29 is 23.4 Å². The van der Waals surface area contributed by atoms with Crippen molar-refractivity contribution >= 4 is 0 Å². The zero-order valence-corrected chi connectivity index (χ0v) is 16.1. The molecule has 28 heavy (non-hydrogen) atoms. The van der Waals surface area contributed by atoms with Crippen LogP contribution in [-0.4, -0.2) is 12.4 Å². The molecule has 1 aromatic heterocycles. The van der Waals surface area contributed by atoms with Crippen molar-refractivity contribution in [3.63, 3.8) is 0 Å². The van der Waals surface area contributed by atoms with Crippen LogP contribution in [0.1, 0.15) is 36.8 Å². The van der Waals surface area contributed by atoms with Gasteiger partial charge < -0.3 is 23.4 Å². The fourth-order valence-electron chi connectivity index (χ4n) is 3.09. The van der Waals surface area contributed by atoms with Gasteiger partial charge >= 0.3 is 0 Å². The second-order valence-corrected chi connectivity index (χ2v) is 7.16. The van der Waals surface area contributed by atoms with Crippen LogP contribution < -0.4 is 9.47 Å². The summed E-state index contributed by atoms with van der Waals surface area (Å²) in [6.45, 7) is 5.00. The van der Waals surface area contributed by atoms with Crippen LogP contribution in [-0.2, 0) is 22.7 Å². The maximum absolute atomic E-state index is 6.11. The Kier molecular flexibility index (Phi) is 5.37. The second kappa shape index (κ2) is 8.09. The molecular formula is C23H24O5. The molecule has 1 fully saturated rings. The summed E-state index contributed by atoms with van der Waals surface area (Å²) >= 11 is 0. The first kappa shape index (κ1) is 18.6. The molecule has 0 aliphatic carbocycles. The molecule has 0 N–H and O–H groups in total. The number of benzene rings is 2. The maximum Gasteiger partial charge on any atom is 0.206 e. The third-order valence-electron chi connectivity index (χ3n) is 4.50. The summed E-state index contributed by atoms with van der Waals surface area (Å²) in [6, 6.07) is 20.0. The van der Waals surface area contributed by atoms with Crippen LogP contribution in [0.15, 0.2) is 71.3 Å². The molecule has 4 rings (SSSR count). The Morgan fingerprint density at radius 1 is 0.893 bits per heavy atom. The van der Waals surface area contributed by atoms with E-state index >= 15 is 0 Å².